The number of carbonyl (C=O) groups excluding carboxylic acids is 3. The first-order valence-corrected chi connectivity index (χ1v) is 10.1. The molecule has 0 unspecified atom stereocenters. The minimum Gasteiger partial charge on any atom is -0.478 e. The Bertz CT molecular complexity index is 1030. The summed E-state index contributed by atoms with van der Waals surface area (Å²) in [5.74, 6) is -1.29. The number of amides is 3. The van der Waals surface area contributed by atoms with E-state index in [1.54, 1.807) is 24.3 Å². The summed E-state index contributed by atoms with van der Waals surface area (Å²) in [6.07, 6.45) is 3.06. The topological polar surface area (TPSA) is 104 Å². The molecule has 3 amide bonds. The van der Waals surface area contributed by atoms with E-state index in [-0.39, 0.29) is 35.1 Å². The fraction of sp³-hybridized carbons (Fsp3) is 0.304. The van der Waals surface area contributed by atoms with Crippen molar-refractivity contribution in [2.45, 2.75) is 19.3 Å². The summed E-state index contributed by atoms with van der Waals surface area (Å²) in [5.41, 5.74) is 1.49. The van der Waals surface area contributed by atoms with Gasteiger partial charge in [0.1, 0.15) is 0 Å². The lowest BCUT2D eigenvalue weighted by Gasteiger charge is -2.19. The van der Waals surface area contributed by atoms with Crippen molar-refractivity contribution >= 4 is 35.1 Å². The smallest absolute Gasteiger partial charge is 0.335 e. The Balaban J connectivity index is 1.31. The van der Waals surface area contributed by atoms with E-state index < -0.39 is 5.97 Å². The largest absolute Gasteiger partial charge is 0.478 e. The molecule has 2 saturated carbocycles. The van der Waals surface area contributed by atoms with Crippen molar-refractivity contribution in [1.29, 1.82) is 0 Å². The molecule has 1 saturated heterocycles. The summed E-state index contributed by atoms with van der Waals surface area (Å²) >= 11 is 0. The van der Waals surface area contributed by atoms with Gasteiger partial charge in [-0.25, -0.2) is 4.79 Å². The van der Waals surface area contributed by atoms with Crippen molar-refractivity contribution in [3.05, 3.63) is 59.7 Å². The Labute approximate surface area is 172 Å². The van der Waals surface area contributed by atoms with Crippen LogP contribution in [-0.4, -0.2) is 28.8 Å². The number of nitrogens with zero attached hydrogens (tertiary/aromatic N) is 1. The number of hydrogen-bond acceptors (Lipinski definition) is 4. The Kier molecular flexibility index (Phi) is 4.20. The predicted octanol–water partition coefficient (Wildman–Crippen LogP) is 3.17. The number of carbonyl (C=O) groups is 4. The average Bonchev–Trinajstić information content (AvgIpc) is 3.42. The maximum atomic E-state index is 12.9. The summed E-state index contributed by atoms with van der Waals surface area (Å²) < 4.78 is 0. The molecule has 7 heteroatoms. The number of aromatic carboxylic acids is 1. The van der Waals surface area contributed by atoms with Crippen LogP contribution in [-0.2, 0) is 9.59 Å². The van der Waals surface area contributed by atoms with Gasteiger partial charge in [-0.1, -0.05) is 0 Å². The van der Waals surface area contributed by atoms with Crippen LogP contribution >= 0.6 is 0 Å². The van der Waals surface area contributed by atoms with E-state index in [2.05, 4.69) is 5.32 Å². The molecular formula is C23H20N2O5. The van der Waals surface area contributed by atoms with Gasteiger partial charge < -0.3 is 10.4 Å². The summed E-state index contributed by atoms with van der Waals surface area (Å²) in [5, 5.41) is 11.6. The lowest BCUT2D eigenvalue weighted by molar-refractivity contribution is -0.123. The van der Waals surface area contributed by atoms with E-state index in [0.29, 0.717) is 28.8 Å². The third-order valence-electron chi connectivity index (χ3n) is 6.70. The molecule has 0 aromatic heterocycles. The van der Waals surface area contributed by atoms with Crippen LogP contribution in [0.4, 0.5) is 11.4 Å². The second kappa shape index (κ2) is 6.79. The fourth-order valence-electron chi connectivity index (χ4n) is 5.32. The molecule has 4 atom stereocenters. The molecule has 0 spiro atoms. The third kappa shape index (κ3) is 2.81. The summed E-state index contributed by atoms with van der Waals surface area (Å²) in [4.78, 5) is 50.5. The van der Waals surface area contributed by atoms with E-state index in [4.69, 9.17) is 5.11 Å². The molecule has 2 aliphatic carbocycles. The molecule has 2 aromatic rings. The average molecular weight is 404 g/mol. The van der Waals surface area contributed by atoms with Gasteiger partial charge in [-0.05, 0) is 79.6 Å². The number of carboxylic acids is 1. The Hall–Kier alpha value is -3.48. The van der Waals surface area contributed by atoms with Crippen molar-refractivity contribution in [1.82, 2.24) is 0 Å². The molecule has 1 heterocycles. The van der Waals surface area contributed by atoms with Gasteiger partial charge >= 0.3 is 5.97 Å². The highest BCUT2D eigenvalue weighted by Gasteiger charge is 2.61. The minimum atomic E-state index is -1.04. The second-order valence-electron chi connectivity index (χ2n) is 8.28. The predicted molar refractivity (Wildman–Crippen MR) is 108 cm³/mol. The van der Waals surface area contributed by atoms with E-state index in [0.717, 1.165) is 19.3 Å². The Morgan fingerprint density at radius 3 is 1.90 bits per heavy atom. The summed E-state index contributed by atoms with van der Waals surface area (Å²) in [6, 6.07) is 12.3. The number of benzene rings is 2. The zero-order chi connectivity index (χ0) is 21.0. The van der Waals surface area contributed by atoms with Crippen LogP contribution < -0.4 is 10.2 Å². The van der Waals surface area contributed by atoms with Gasteiger partial charge in [-0.15, -0.1) is 0 Å². The molecule has 1 aliphatic heterocycles. The first kappa shape index (κ1) is 18.5. The zero-order valence-corrected chi connectivity index (χ0v) is 16.1. The number of rotatable bonds is 4. The molecule has 5 rings (SSSR count). The molecule has 3 fully saturated rings. The number of carboxylic acid groups (broad SMARTS) is 1. The first-order valence-electron chi connectivity index (χ1n) is 10.1. The summed E-state index contributed by atoms with van der Waals surface area (Å²) in [7, 11) is 0. The molecule has 0 radical (unpaired) electrons. The van der Waals surface area contributed by atoms with Crippen LogP contribution in [0.25, 0.3) is 0 Å². The van der Waals surface area contributed by atoms with Crippen molar-refractivity contribution in [3.63, 3.8) is 0 Å². The monoisotopic (exact) mass is 404 g/mol. The third-order valence-corrected chi connectivity index (χ3v) is 6.70. The molecular weight excluding hydrogens is 384 g/mol. The molecule has 7 nitrogen and oxygen atoms in total. The van der Waals surface area contributed by atoms with Gasteiger partial charge in [0.2, 0.25) is 11.8 Å². The quantitative estimate of drug-likeness (QED) is 0.762. The van der Waals surface area contributed by atoms with Crippen molar-refractivity contribution in [2.75, 3.05) is 10.2 Å². The number of fused-ring (bicyclic) bond motifs is 5. The van der Waals surface area contributed by atoms with E-state index in [9.17, 15) is 19.2 Å². The number of anilines is 2. The van der Waals surface area contributed by atoms with Crippen LogP contribution in [0.3, 0.4) is 0 Å². The fourth-order valence-corrected chi connectivity index (χ4v) is 5.32. The number of hydrogen-bond donors (Lipinski definition) is 2. The maximum Gasteiger partial charge on any atom is 0.335 e. The highest BCUT2D eigenvalue weighted by Crippen LogP contribution is 2.56. The molecule has 2 bridgehead atoms. The van der Waals surface area contributed by atoms with Gasteiger partial charge in [-0.3, -0.25) is 19.3 Å². The van der Waals surface area contributed by atoms with Crippen LogP contribution in [0, 0.1) is 23.7 Å². The maximum absolute atomic E-state index is 12.9. The molecule has 152 valence electrons. The van der Waals surface area contributed by atoms with E-state index in [1.807, 2.05) is 0 Å². The van der Waals surface area contributed by atoms with Crippen LogP contribution in [0.2, 0.25) is 0 Å². The van der Waals surface area contributed by atoms with Gasteiger partial charge in [0, 0.05) is 11.3 Å². The minimum absolute atomic E-state index is 0.104. The van der Waals surface area contributed by atoms with Crippen molar-refractivity contribution in [3.8, 4) is 0 Å². The van der Waals surface area contributed by atoms with Crippen molar-refractivity contribution in [2.24, 2.45) is 23.7 Å². The normalized spacial score (nSPS) is 26.7. The number of imide groups is 1. The van der Waals surface area contributed by atoms with Gasteiger partial charge in [0.05, 0.1) is 23.1 Å². The van der Waals surface area contributed by atoms with Gasteiger partial charge in [0.15, 0.2) is 0 Å². The lowest BCUT2D eigenvalue weighted by atomic mass is 9.81. The van der Waals surface area contributed by atoms with Gasteiger partial charge in [0.25, 0.3) is 5.91 Å². The first-order chi connectivity index (χ1) is 14.4. The molecule has 3 aliphatic rings. The molecule has 30 heavy (non-hydrogen) atoms. The van der Waals surface area contributed by atoms with E-state index in [1.165, 1.54) is 29.2 Å². The van der Waals surface area contributed by atoms with Crippen LogP contribution in [0.5, 0.6) is 0 Å². The van der Waals surface area contributed by atoms with Crippen LogP contribution in [0.1, 0.15) is 40.0 Å². The lowest BCUT2D eigenvalue weighted by Crippen LogP contribution is -2.32. The van der Waals surface area contributed by atoms with Crippen LogP contribution in [0.15, 0.2) is 48.5 Å². The second-order valence-corrected chi connectivity index (χ2v) is 8.28. The highest BCUT2D eigenvalue weighted by molar-refractivity contribution is 6.22. The zero-order valence-electron chi connectivity index (χ0n) is 16.1. The summed E-state index contributed by atoms with van der Waals surface area (Å²) in [6.45, 7) is 0. The Morgan fingerprint density at radius 2 is 1.37 bits per heavy atom. The van der Waals surface area contributed by atoms with E-state index >= 15 is 0 Å². The highest BCUT2D eigenvalue weighted by atomic mass is 16.4. The Morgan fingerprint density at radius 1 is 0.833 bits per heavy atom. The van der Waals surface area contributed by atoms with Gasteiger partial charge in [-0.2, -0.15) is 0 Å². The standard InChI is InChI=1S/C23H20N2O5/c26-20(24-16-7-3-13(4-8-16)23(29)30)12-5-9-17(10-6-12)25-21(27)18-14-1-2-15(11-14)19(18)22(25)28/h3-10,14-15,18-19H,1-2,11H2,(H,24,26)(H,29,30)/t14-,15-,18+,19+/m0/s1. The molecule has 2 aromatic carbocycles. The SMILES string of the molecule is O=C(O)c1ccc(NC(=O)c2ccc(N3C(=O)[C@@H]4[C@H]5CC[C@@H](C5)[C@H]4C3=O)cc2)cc1. The molecule has 2 N–H and O–H groups in total. The number of nitrogens with one attached hydrogen (secondary N) is 1. The van der Waals surface area contributed by atoms with Crippen molar-refractivity contribution < 1.29 is 24.3 Å².